The predicted molar refractivity (Wildman–Crippen MR) is 139 cm³/mol. The first-order chi connectivity index (χ1) is 17.3. The van der Waals surface area contributed by atoms with Gasteiger partial charge in [0.25, 0.3) is 5.91 Å². The van der Waals surface area contributed by atoms with Crippen LogP contribution in [0.2, 0.25) is 0 Å². The lowest BCUT2D eigenvalue weighted by atomic mass is 10.2. The predicted octanol–water partition coefficient (Wildman–Crippen LogP) is 4.05. The number of anilines is 3. The molecule has 1 heterocycles. The van der Waals surface area contributed by atoms with Crippen LogP contribution in [0.25, 0.3) is 0 Å². The van der Waals surface area contributed by atoms with E-state index in [2.05, 4.69) is 15.6 Å². The lowest BCUT2D eigenvalue weighted by Gasteiger charge is -2.24. The Bertz CT molecular complexity index is 1190. The number of pyridine rings is 1. The molecule has 36 heavy (non-hydrogen) atoms. The summed E-state index contributed by atoms with van der Waals surface area (Å²) in [5.41, 5.74) is 8.13. The van der Waals surface area contributed by atoms with Crippen molar-refractivity contribution in [2.24, 2.45) is 0 Å². The first kappa shape index (κ1) is 26.4. The molecule has 0 atom stereocenters. The summed E-state index contributed by atoms with van der Waals surface area (Å²) in [6.45, 7) is 1.53. The molecule has 0 aliphatic rings. The molecule has 3 aromatic rings. The van der Waals surface area contributed by atoms with Crippen molar-refractivity contribution < 1.29 is 18.7 Å². The topological polar surface area (TPSA) is 113 Å². The number of carbonyl (C=O) groups is 2. The van der Waals surface area contributed by atoms with Gasteiger partial charge in [0.2, 0.25) is 0 Å². The molecule has 10 heteroatoms. The summed E-state index contributed by atoms with van der Waals surface area (Å²) in [5, 5.41) is 5.47. The van der Waals surface area contributed by atoms with Crippen molar-refractivity contribution in [2.75, 3.05) is 50.7 Å². The van der Waals surface area contributed by atoms with Crippen molar-refractivity contribution in [3.8, 4) is 5.75 Å². The van der Waals surface area contributed by atoms with Gasteiger partial charge in [0.15, 0.2) is 11.6 Å². The molecule has 1 aromatic heterocycles. The van der Waals surface area contributed by atoms with Gasteiger partial charge in [-0.2, -0.15) is 0 Å². The number of urea groups is 1. The normalized spacial score (nSPS) is 10.7. The molecule has 3 rings (SSSR count). The summed E-state index contributed by atoms with van der Waals surface area (Å²) in [6.07, 6.45) is 2.30. The number of nitrogens with one attached hydrogen (secondary N) is 2. The van der Waals surface area contributed by atoms with Gasteiger partial charge in [0.1, 0.15) is 5.69 Å². The van der Waals surface area contributed by atoms with Gasteiger partial charge in [-0.3, -0.25) is 9.78 Å². The van der Waals surface area contributed by atoms with E-state index in [4.69, 9.17) is 10.5 Å². The fourth-order valence-corrected chi connectivity index (χ4v) is 3.45. The molecule has 0 spiro atoms. The average Bonchev–Trinajstić information content (AvgIpc) is 2.85. The molecule has 3 amide bonds. The second-order valence-corrected chi connectivity index (χ2v) is 8.45. The molecule has 0 bridgehead atoms. The highest BCUT2D eigenvalue weighted by Gasteiger charge is 2.16. The van der Waals surface area contributed by atoms with E-state index in [1.807, 2.05) is 19.0 Å². The number of rotatable bonds is 10. The second kappa shape index (κ2) is 12.5. The fourth-order valence-electron chi connectivity index (χ4n) is 3.45. The highest BCUT2D eigenvalue weighted by Crippen LogP contribution is 2.21. The Morgan fingerprint density at radius 1 is 1.06 bits per heavy atom. The van der Waals surface area contributed by atoms with Crippen LogP contribution in [-0.2, 0) is 6.54 Å². The van der Waals surface area contributed by atoms with Crippen LogP contribution >= 0.6 is 0 Å². The Balaban J connectivity index is 1.69. The molecule has 0 aliphatic carbocycles. The number of hydrogen-bond acceptors (Lipinski definition) is 6. The van der Waals surface area contributed by atoms with Crippen LogP contribution < -0.4 is 21.1 Å². The average molecular weight is 495 g/mol. The van der Waals surface area contributed by atoms with Crippen LogP contribution in [-0.4, -0.2) is 61.0 Å². The van der Waals surface area contributed by atoms with Crippen molar-refractivity contribution in [2.45, 2.75) is 13.0 Å². The monoisotopic (exact) mass is 494 g/mol. The Labute approximate surface area is 210 Å². The Morgan fingerprint density at radius 2 is 1.83 bits per heavy atom. The number of ether oxygens (including phenoxy) is 1. The zero-order valence-electron chi connectivity index (χ0n) is 20.6. The summed E-state index contributed by atoms with van der Waals surface area (Å²) in [6, 6.07) is 14.2. The van der Waals surface area contributed by atoms with Crippen molar-refractivity contribution in [1.29, 1.82) is 0 Å². The Hall–Kier alpha value is -4.18. The SMILES string of the molecule is COc1ccc(NC(=O)N(CCCN(C)C)Cc2ccc(C(=O)Nc3ccccc3N)nc2)cc1F. The molecule has 9 nitrogen and oxygen atoms in total. The van der Waals surface area contributed by atoms with Gasteiger partial charge in [-0.05, 0) is 63.0 Å². The van der Waals surface area contributed by atoms with Crippen molar-refractivity contribution >= 4 is 29.0 Å². The lowest BCUT2D eigenvalue weighted by molar-refractivity contribution is 0.102. The molecule has 0 radical (unpaired) electrons. The number of methoxy groups -OCH3 is 1. The minimum atomic E-state index is -0.565. The summed E-state index contributed by atoms with van der Waals surface area (Å²) in [7, 11) is 5.30. The highest BCUT2D eigenvalue weighted by molar-refractivity contribution is 6.04. The number of nitrogens with zero attached hydrogens (tertiary/aromatic N) is 3. The number of carbonyl (C=O) groups excluding carboxylic acids is 2. The van der Waals surface area contributed by atoms with Crippen LogP contribution in [0.1, 0.15) is 22.5 Å². The van der Waals surface area contributed by atoms with Gasteiger partial charge in [-0.25, -0.2) is 9.18 Å². The Kier molecular flexibility index (Phi) is 9.18. The quantitative estimate of drug-likeness (QED) is 0.367. The van der Waals surface area contributed by atoms with Crippen LogP contribution in [0.5, 0.6) is 5.75 Å². The van der Waals surface area contributed by atoms with Crippen LogP contribution in [0.15, 0.2) is 60.8 Å². The van der Waals surface area contributed by atoms with E-state index in [1.165, 1.54) is 19.2 Å². The summed E-state index contributed by atoms with van der Waals surface area (Å²) in [4.78, 5) is 33.5. The third-order valence-electron chi connectivity index (χ3n) is 5.36. The fraction of sp³-hybridized carbons (Fsp3) is 0.269. The van der Waals surface area contributed by atoms with E-state index in [-0.39, 0.29) is 29.9 Å². The molecule has 0 saturated heterocycles. The van der Waals surface area contributed by atoms with Gasteiger partial charge < -0.3 is 30.9 Å². The van der Waals surface area contributed by atoms with E-state index >= 15 is 0 Å². The molecular weight excluding hydrogens is 463 g/mol. The molecular formula is C26H31FN6O3. The molecule has 0 aliphatic heterocycles. The first-order valence-corrected chi connectivity index (χ1v) is 11.4. The number of amides is 3. The number of aromatic nitrogens is 1. The van der Waals surface area contributed by atoms with Gasteiger partial charge in [-0.15, -0.1) is 0 Å². The Morgan fingerprint density at radius 3 is 2.47 bits per heavy atom. The standard InChI is InChI=1S/C26H31FN6O3/c1-32(2)13-6-14-33(26(35)30-19-10-12-24(36-3)20(27)15-19)17-18-9-11-23(29-16-18)25(34)31-22-8-5-4-7-21(22)28/h4-5,7-12,15-16H,6,13-14,17,28H2,1-3H3,(H,30,35)(H,31,34). The maximum Gasteiger partial charge on any atom is 0.322 e. The van der Waals surface area contributed by atoms with E-state index < -0.39 is 5.82 Å². The third-order valence-corrected chi connectivity index (χ3v) is 5.36. The molecule has 0 unspecified atom stereocenters. The summed E-state index contributed by atoms with van der Waals surface area (Å²) >= 11 is 0. The number of halogens is 1. The van der Waals surface area contributed by atoms with Crippen molar-refractivity contribution in [3.05, 3.63) is 77.9 Å². The van der Waals surface area contributed by atoms with Gasteiger partial charge in [0, 0.05) is 31.0 Å². The maximum atomic E-state index is 14.1. The van der Waals surface area contributed by atoms with E-state index in [1.54, 1.807) is 53.6 Å². The largest absolute Gasteiger partial charge is 0.494 e. The van der Waals surface area contributed by atoms with Gasteiger partial charge in [0.05, 0.1) is 18.5 Å². The first-order valence-electron chi connectivity index (χ1n) is 11.4. The van der Waals surface area contributed by atoms with Crippen molar-refractivity contribution in [3.63, 3.8) is 0 Å². The minimum Gasteiger partial charge on any atom is -0.494 e. The van der Waals surface area contributed by atoms with Crippen LogP contribution in [0, 0.1) is 5.82 Å². The molecule has 190 valence electrons. The third kappa shape index (κ3) is 7.41. The van der Waals surface area contributed by atoms with Crippen LogP contribution in [0.4, 0.5) is 26.2 Å². The van der Waals surface area contributed by atoms with Crippen molar-refractivity contribution in [1.82, 2.24) is 14.8 Å². The zero-order chi connectivity index (χ0) is 26.1. The second-order valence-electron chi connectivity index (χ2n) is 8.45. The van der Waals surface area contributed by atoms with Crippen LogP contribution in [0.3, 0.4) is 0 Å². The number of para-hydroxylation sites is 2. The molecule has 0 saturated carbocycles. The van der Waals surface area contributed by atoms with E-state index in [0.717, 1.165) is 18.5 Å². The number of nitrogens with two attached hydrogens (primary N) is 1. The highest BCUT2D eigenvalue weighted by atomic mass is 19.1. The van der Waals surface area contributed by atoms with Gasteiger partial charge in [-0.1, -0.05) is 18.2 Å². The van der Waals surface area contributed by atoms with E-state index in [9.17, 15) is 14.0 Å². The summed E-state index contributed by atoms with van der Waals surface area (Å²) < 4.78 is 19.0. The number of hydrogen-bond donors (Lipinski definition) is 3. The number of benzene rings is 2. The van der Waals surface area contributed by atoms with E-state index in [0.29, 0.717) is 23.6 Å². The molecule has 4 N–H and O–H groups in total. The maximum absolute atomic E-state index is 14.1. The summed E-state index contributed by atoms with van der Waals surface area (Å²) in [5.74, 6) is -0.854. The lowest BCUT2D eigenvalue weighted by Crippen LogP contribution is -2.36. The van der Waals surface area contributed by atoms with Gasteiger partial charge >= 0.3 is 6.03 Å². The minimum absolute atomic E-state index is 0.0981. The number of nitrogen functional groups attached to an aromatic ring is 1. The molecule has 0 fully saturated rings. The zero-order valence-corrected chi connectivity index (χ0v) is 20.6. The molecule has 2 aromatic carbocycles. The smallest absolute Gasteiger partial charge is 0.322 e.